The fourth-order valence-electron chi connectivity index (χ4n) is 2.97. The summed E-state index contributed by atoms with van der Waals surface area (Å²) in [5.74, 6) is -1.05. The number of amides is 1. The summed E-state index contributed by atoms with van der Waals surface area (Å²) in [4.78, 5) is 18.1. The summed E-state index contributed by atoms with van der Waals surface area (Å²) in [7, 11) is 0. The molecular formula is C21H24ClF2N3O. The Morgan fingerprint density at radius 1 is 1.36 bits per heavy atom. The van der Waals surface area contributed by atoms with Gasteiger partial charge in [-0.2, -0.15) is 0 Å². The highest BCUT2D eigenvalue weighted by Gasteiger charge is 2.35. The molecule has 0 unspecified atom stereocenters. The van der Waals surface area contributed by atoms with E-state index in [1.54, 1.807) is 12.1 Å². The van der Waals surface area contributed by atoms with Gasteiger partial charge in [-0.05, 0) is 36.2 Å². The topological polar surface area (TPSA) is 45.2 Å². The number of pyridine rings is 1. The summed E-state index contributed by atoms with van der Waals surface area (Å²) in [6, 6.07) is 6.76. The second-order valence-electron chi connectivity index (χ2n) is 6.65. The molecule has 1 fully saturated rings. The van der Waals surface area contributed by atoms with E-state index in [4.69, 9.17) is 17.1 Å². The maximum Gasteiger partial charge on any atom is 0.253 e. The summed E-state index contributed by atoms with van der Waals surface area (Å²) in [5.41, 5.74) is -1.17. The molecule has 1 aliphatic rings. The molecule has 1 aliphatic heterocycles. The van der Waals surface area contributed by atoms with Crippen molar-refractivity contribution in [3.63, 3.8) is 0 Å². The van der Waals surface area contributed by atoms with Crippen molar-refractivity contribution in [1.82, 2.24) is 15.2 Å². The van der Waals surface area contributed by atoms with Crippen LogP contribution in [0.5, 0.6) is 0 Å². The monoisotopic (exact) mass is 411 g/mol. The molecule has 0 spiro atoms. The molecule has 3 rings (SSSR count). The zero-order valence-electron chi connectivity index (χ0n) is 19.4. The Labute approximate surface area is 174 Å². The van der Waals surface area contributed by atoms with E-state index in [2.05, 4.69) is 10.3 Å². The molecule has 0 bridgehead atoms. The Morgan fingerprint density at radius 2 is 2.11 bits per heavy atom. The molecule has 0 aliphatic carbocycles. The van der Waals surface area contributed by atoms with Gasteiger partial charge in [0.15, 0.2) is 0 Å². The molecule has 1 aromatic carbocycles. The molecule has 1 N–H and O–H groups in total. The van der Waals surface area contributed by atoms with Crippen LogP contribution in [0, 0.1) is 5.82 Å². The van der Waals surface area contributed by atoms with Gasteiger partial charge in [-0.25, -0.2) is 8.78 Å². The lowest BCUT2D eigenvalue weighted by molar-refractivity contribution is 0.0434. The van der Waals surface area contributed by atoms with Crippen molar-refractivity contribution < 1.29 is 19.1 Å². The van der Waals surface area contributed by atoms with E-state index < -0.39 is 30.3 Å². The molecule has 1 aromatic heterocycles. The van der Waals surface area contributed by atoms with Crippen molar-refractivity contribution in [2.75, 3.05) is 19.6 Å². The average Bonchev–Trinajstić information content (AvgIpc) is 2.74. The number of aryl methyl sites for hydroxylation is 1. The van der Waals surface area contributed by atoms with Gasteiger partial charge < -0.3 is 10.2 Å². The standard InChI is InChI=1S/C21H24ClF2N3O/c1-2-15-3-5-17(26-12-15)13-25-14-21(24)7-9-27(10-8-21)20(28)16-4-6-19(23)18(22)11-16/h3-6,11-12,25H,2,7-10,13-14H2,1H3/i2D2,14D2. The van der Waals surface area contributed by atoms with Crippen LogP contribution >= 0.6 is 11.6 Å². The van der Waals surface area contributed by atoms with Gasteiger partial charge in [0.25, 0.3) is 5.91 Å². The summed E-state index contributed by atoms with van der Waals surface area (Å²) < 4.78 is 60.6. The largest absolute Gasteiger partial charge is 0.338 e. The van der Waals surface area contributed by atoms with Crippen LogP contribution in [0.4, 0.5) is 8.78 Å². The zero-order chi connectivity index (χ0) is 23.7. The molecule has 4 nitrogen and oxygen atoms in total. The van der Waals surface area contributed by atoms with Gasteiger partial charge in [0.1, 0.15) is 11.5 Å². The number of carbonyl (C=O) groups excluding carboxylic acids is 1. The normalized spacial score (nSPS) is 19.4. The van der Waals surface area contributed by atoms with Crippen LogP contribution in [0.15, 0.2) is 36.5 Å². The number of hydrogen-bond acceptors (Lipinski definition) is 3. The van der Waals surface area contributed by atoms with E-state index in [-0.39, 0.29) is 43.1 Å². The molecule has 0 saturated carbocycles. The van der Waals surface area contributed by atoms with Crippen LogP contribution in [0.1, 0.15) is 46.9 Å². The average molecular weight is 412 g/mol. The van der Waals surface area contributed by atoms with E-state index in [9.17, 15) is 9.18 Å². The van der Waals surface area contributed by atoms with Crippen molar-refractivity contribution in [2.24, 2.45) is 0 Å². The van der Waals surface area contributed by atoms with E-state index in [1.807, 2.05) is 0 Å². The first-order chi connectivity index (χ1) is 14.8. The maximum absolute atomic E-state index is 15.5. The maximum atomic E-state index is 15.5. The van der Waals surface area contributed by atoms with Crippen molar-refractivity contribution in [3.8, 4) is 0 Å². The van der Waals surface area contributed by atoms with E-state index in [0.717, 1.165) is 6.07 Å². The lowest BCUT2D eigenvalue weighted by Gasteiger charge is -2.36. The number of alkyl halides is 1. The number of nitrogens with zero attached hydrogens (tertiary/aromatic N) is 2. The number of nitrogens with one attached hydrogen (secondary N) is 1. The molecule has 28 heavy (non-hydrogen) atoms. The van der Waals surface area contributed by atoms with E-state index in [1.165, 1.54) is 30.2 Å². The lowest BCUT2D eigenvalue weighted by Crippen LogP contribution is -2.48. The Balaban J connectivity index is 1.60. The second kappa shape index (κ2) is 8.97. The predicted octanol–water partition coefficient (Wildman–Crippen LogP) is 4.17. The first-order valence-electron chi connectivity index (χ1n) is 11.0. The lowest BCUT2D eigenvalue weighted by atomic mass is 9.92. The predicted molar refractivity (Wildman–Crippen MR) is 106 cm³/mol. The molecule has 1 saturated heterocycles. The minimum absolute atomic E-state index is 0.00402. The first kappa shape index (κ1) is 15.8. The Bertz CT molecular complexity index is 978. The number of hydrogen-bond donors (Lipinski definition) is 1. The number of likely N-dealkylation sites (tertiary alicyclic amines) is 1. The number of halogens is 3. The van der Waals surface area contributed by atoms with Gasteiger partial charge >= 0.3 is 0 Å². The molecule has 2 aromatic rings. The van der Waals surface area contributed by atoms with Crippen molar-refractivity contribution in [2.45, 2.75) is 38.4 Å². The van der Waals surface area contributed by atoms with Gasteiger partial charge in [0.05, 0.1) is 10.7 Å². The highest BCUT2D eigenvalue weighted by molar-refractivity contribution is 6.31. The number of rotatable bonds is 6. The molecule has 0 atom stereocenters. The third-order valence-corrected chi connectivity index (χ3v) is 4.99. The van der Waals surface area contributed by atoms with E-state index in [0.29, 0.717) is 11.3 Å². The SMILES string of the molecule is [2H]C([2H])(C)c1ccc(CNC([2H])([2H])C2(F)CCN(C(=O)c3ccc(F)c(Cl)c3)CC2)nc1. The van der Waals surface area contributed by atoms with Crippen LogP contribution in [0.2, 0.25) is 5.02 Å². The second-order valence-corrected chi connectivity index (χ2v) is 7.06. The van der Waals surface area contributed by atoms with Gasteiger partial charge in [-0.1, -0.05) is 24.6 Å². The quantitative estimate of drug-likeness (QED) is 0.775. The van der Waals surface area contributed by atoms with Crippen LogP contribution in [-0.2, 0) is 12.9 Å². The first-order valence-corrected chi connectivity index (χ1v) is 9.34. The minimum Gasteiger partial charge on any atom is -0.338 e. The highest BCUT2D eigenvalue weighted by atomic mass is 35.5. The summed E-state index contributed by atoms with van der Waals surface area (Å²) in [6.45, 7) is -0.993. The van der Waals surface area contributed by atoms with Gasteiger partial charge in [-0.3, -0.25) is 9.78 Å². The summed E-state index contributed by atoms with van der Waals surface area (Å²) in [6.07, 6.45) is -0.586. The highest BCUT2D eigenvalue weighted by Crippen LogP contribution is 2.27. The van der Waals surface area contributed by atoms with Crippen LogP contribution < -0.4 is 5.32 Å². The third-order valence-electron chi connectivity index (χ3n) is 4.71. The zero-order valence-corrected chi connectivity index (χ0v) is 16.2. The number of benzene rings is 1. The van der Waals surface area contributed by atoms with Crippen LogP contribution in [0.25, 0.3) is 0 Å². The fraction of sp³-hybridized carbons (Fsp3) is 0.429. The number of carbonyl (C=O) groups is 1. The van der Waals surface area contributed by atoms with Crippen LogP contribution in [0.3, 0.4) is 0 Å². The van der Waals surface area contributed by atoms with E-state index >= 15 is 4.39 Å². The van der Waals surface area contributed by atoms with Crippen molar-refractivity contribution in [1.29, 1.82) is 0 Å². The third kappa shape index (κ3) is 5.06. The van der Waals surface area contributed by atoms with Crippen LogP contribution in [-0.4, -0.2) is 41.0 Å². The number of piperidine rings is 1. The van der Waals surface area contributed by atoms with Crippen molar-refractivity contribution >= 4 is 17.5 Å². The molecular weight excluding hydrogens is 384 g/mol. The molecule has 150 valence electrons. The molecule has 2 heterocycles. The smallest absolute Gasteiger partial charge is 0.253 e. The molecule has 0 radical (unpaired) electrons. The van der Waals surface area contributed by atoms with Gasteiger partial charge in [-0.15, -0.1) is 0 Å². The van der Waals surface area contributed by atoms with Gasteiger partial charge in [0, 0.05) is 56.2 Å². The molecule has 7 heteroatoms. The van der Waals surface area contributed by atoms with Crippen molar-refractivity contribution in [3.05, 3.63) is 64.2 Å². The Kier molecular flexibility index (Phi) is 5.07. The fourth-order valence-corrected chi connectivity index (χ4v) is 3.15. The number of aromatic nitrogens is 1. The Hall–Kier alpha value is -2.05. The Morgan fingerprint density at radius 3 is 2.71 bits per heavy atom. The summed E-state index contributed by atoms with van der Waals surface area (Å²) in [5, 5.41) is 2.40. The van der Waals surface area contributed by atoms with Gasteiger partial charge in [0.2, 0.25) is 0 Å². The molecule has 1 amide bonds. The summed E-state index contributed by atoms with van der Waals surface area (Å²) >= 11 is 5.73. The minimum atomic E-state index is -2.37.